The van der Waals surface area contributed by atoms with Crippen molar-refractivity contribution in [2.24, 2.45) is 0 Å². The van der Waals surface area contributed by atoms with E-state index in [1.807, 2.05) is 24.3 Å². The van der Waals surface area contributed by atoms with Crippen LogP contribution >= 0.6 is 34.5 Å². The van der Waals surface area contributed by atoms with Gasteiger partial charge in [-0.05, 0) is 24.3 Å². The highest BCUT2D eigenvalue weighted by Crippen LogP contribution is 2.39. The number of para-hydroxylation sites is 1. The lowest BCUT2D eigenvalue weighted by molar-refractivity contribution is 0.411. The number of nitrogens with one attached hydrogen (secondary N) is 1. The molecule has 0 unspecified atom stereocenters. The first-order valence-corrected chi connectivity index (χ1v) is 8.72. The van der Waals surface area contributed by atoms with Gasteiger partial charge in [-0.2, -0.15) is 0 Å². The van der Waals surface area contributed by atoms with Crippen molar-refractivity contribution in [3.63, 3.8) is 0 Å². The number of aliphatic hydroxyl groups is 1. The maximum Gasteiger partial charge on any atom is 0.139 e. The summed E-state index contributed by atoms with van der Waals surface area (Å²) in [6, 6.07) is 13.0. The zero-order valence-corrected chi connectivity index (χ0v) is 14.6. The SMILES string of the molecule is N=C1C(c2nc3ccccc3s2)=C(O)CN1c1cccc(Cl)c1Cl. The molecular weight excluding hydrogens is 365 g/mol. The molecular formula is C17H11Cl2N3OS. The number of rotatable bonds is 2. The summed E-state index contributed by atoms with van der Waals surface area (Å²) in [5.74, 6) is 0.269. The maximum atomic E-state index is 10.4. The van der Waals surface area contributed by atoms with Crippen LogP contribution < -0.4 is 4.90 Å². The van der Waals surface area contributed by atoms with Crippen molar-refractivity contribution < 1.29 is 5.11 Å². The number of thiazole rings is 1. The normalized spacial score (nSPS) is 14.9. The number of halogens is 2. The number of aromatic nitrogens is 1. The van der Waals surface area contributed by atoms with E-state index in [2.05, 4.69) is 4.98 Å². The largest absolute Gasteiger partial charge is 0.510 e. The Bertz CT molecular complexity index is 979. The van der Waals surface area contributed by atoms with Crippen molar-refractivity contribution >= 4 is 61.9 Å². The number of aliphatic hydroxyl groups excluding tert-OH is 1. The van der Waals surface area contributed by atoms with Gasteiger partial charge < -0.3 is 10.0 Å². The second-order valence-corrected chi connectivity index (χ2v) is 7.13. The lowest BCUT2D eigenvalue weighted by Gasteiger charge is -2.20. The number of nitrogens with zero attached hydrogens (tertiary/aromatic N) is 2. The number of hydrogen-bond donors (Lipinski definition) is 2. The van der Waals surface area contributed by atoms with Crippen molar-refractivity contribution in [2.45, 2.75) is 0 Å². The molecule has 4 rings (SSSR count). The fourth-order valence-corrected chi connectivity index (χ4v) is 4.12. The summed E-state index contributed by atoms with van der Waals surface area (Å²) in [5.41, 5.74) is 1.88. The molecule has 2 heterocycles. The highest BCUT2D eigenvalue weighted by molar-refractivity contribution is 7.19. The number of amidine groups is 1. The lowest BCUT2D eigenvalue weighted by atomic mass is 10.2. The van der Waals surface area contributed by atoms with Crippen LogP contribution in [0.4, 0.5) is 5.69 Å². The van der Waals surface area contributed by atoms with Crippen molar-refractivity contribution in [1.29, 1.82) is 5.41 Å². The first kappa shape index (κ1) is 15.4. The summed E-state index contributed by atoms with van der Waals surface area (Å²) in [4.78, 5) is 6.17. The van der Waals surface area contributed by atoms with Crippen LogP contribution in [0.3, 0.4) is 0 Å². The van der Waals surface area contributed by atoms with Gasteiger partial charge in [0.25, 0.3) is 0 Å². The van der Waals surface area contributed by atoms with Gasteiger partial charge in [0.1, 0.15) is 16.6 Å². The van der Waals surface area contributed by atoms with Crippen LogP contribution in [0.1, 0.15) is 5.01 Å². The van der Waals surface area contributed by atoms with E-state index in [1.54, 1.807) is 23.1 Å². The molecule has 0 saturated heterocycles. The first-order valence-electron chi connectivity index (χ1n) is 7.15. The maximum absolute atomic E-state index is 10.4. The topological polar surface area (TPSA) is 60.2 Å². The van der Waals surface area contributed by atoms with E-state index >= 15 is 0 Å². The van der Waals surface area contributed by atoms with Crippen LogP contribution in [-0.2, 0) is 0 Å². The highest BCUT2D eigenvalue weighted by Gasteiger charge is 2.32. The molecule has 0 amide bonds. The van der Waals surface area contributed by atoms with Gasteiger partial charge in [-0.1, -0.05) is 41.4 Å². The Hall–Kier alpha value is -2.08. The standard InChI is InChI=1S/C17H11Cl2N3OS/c18-9-4-3-6-11(15(9)19)22-8-12(23)14(16(22)20)17-21-10-5-1-2-7-13(10)24-17/h1-7,20,23H,8H2. The Morgan fingerprint density at radius 1 is 1.12 bits per heavy atom. The van der Waals surface area contributed by atoms with Crippen LogP contribution in [0.2, 0.25) is 10.0 Å². The average Bonchev–Trinajstić information content (AvgIpc) is 3.10. The minimum absolute atomic E-state index is 0.107. The molecule has 2 aromatic carbocycles. The fourth-order valence-electron chi connectivity index (χ4n) is 2.69. The van der Waals surface area contributed by atoms with E-state index in [0.29, 0.717) is 26.3 Å². The van der Waals surface area contributed by atoms with Gasteiger partial charge in [-0.25, -0.2) is 4.98 Å². The van der Waals surface area contributed by atoms with Gasteiger partial charge >= 0.3 is 0 Å². The van der Waals surface area contributed by atoms with Gasteiger partial charge in [0.05, 0.1) is 38.1 Å². The molecule has 0 radical (unpaired) electrons. The van der Waals surface area contributed by atoms with Gasteiger partial charge in [0.15, 0.2) is 0 Å². The van der Waals surface area contributed by atoms with E-state index in [4.69, 9.17) is 28.6 Å². The van der Waals surface area contributed by atoms with Gasteiger partial charge in [-0.15, -0.1) is 11.3 Å². The van der Waals surface area contributed by atoms with Crippen molar-refractivity contribution in [3.05, 3.63) is 63.3 Å². The summed E-state index contributed by atoms with van der Waals surface area (Å²) in [6.45, 7) is 0.171. The molecule has 7 heteroatoms. The van der Waals surface area contributed by atoms with E-state index < -0.39 is 0 Å². The number of fused-ring (bicyclic) bond motifs is 1. The number of benzene rings is 2. The summed E-state index contributed by atoms with van der Waals surface area (Å²) in [7, 11) is 0. The van der Waals surface area contributed by atoms with Crippen LogP contribution in [0.15, 0.2) is 48.2 Å². The zero-order chi connectivity index (χ0) is 16.8. The second-order valence-electron chi connectivity index (χ2n) is 5.32. The first-order chi connectivity index (χ1) is 11.6. The Balaban J connectivity index is 1.76. The number of anilines is 1. The third-order valence-corrected chi connectivity index (χ3v) is 5.70. The third kappa shape index (κ3) is 2.36. The van der Waals surface area contributed by atoms with Crippen LogP contribution in [0, 0.1) is 5.41 Å². The third-order valence-electron chi connectivity index (χ3n) is 3.83. The summed E-state index contributed by atoms with van der Waals surface area (Å²) < 4.78 is 1.01. The molecule has 1 aliphatic heterocycles. The van der Waals surface area contributed by atoms with Crippen molar-refractivity contribution in [3.8, 4) is 0 Å². The summed E-state index contributed by atoms with van der Waals surface area (Å²) in [6.07, 6.45) is 0. The zero-order valence-electron chi connectivity index (χ0n) is 12.3. The smallest absolute Gasteiger partial charge is 0.139 e. The van der Waals surface area contributed by atoms with Crippen LogP contribution in [0.5, 0.6) is 0 Å². The fraction of sp³-hybridized carbons (Fsp3) is 0.0588. The second kappa shape index (κ2) is 5.77. The molecule has 0 spiro atoms. The molecule has 4 nitrogen and oxygen atoms in total. The molecule has 1 aromatic heterocycles. The monoisotopic (exact) mass is 375 g/mol. The predicted octanol–water partition coefficient (Wildman–Crippen LogP) is 5.37. The molecule has 0 atom stereocenters. The molecule has 0 bridgehead atoms. The van der Waals surface area contributed by atoms with Gasteiger partial charge in [0.2, 0.25) is 0 Å². The van der Waals surface area contributed by atoms with E-state index in [-0.39, 0.29) is 18.1 Å². The lowest BCUT2D eigenvalue weighted by Crippen LogP contribution is -2.26. The van der Waals surface area contributed by atoms with Crippen LogP contribution in [-0.4, -0.2) is 22.5 Å². The summed E-state index contributed by atoms with van der Waals surface area (Å²) in [5, 5.41) is 20.3. The minimum atomic E-state index is 0.107. The van der Waals surface area contributed by atoms with E-state index in [9.17, 15) is 5.11 Å². The molecule has 0 aliphatic carbocycles. The molecule has 1 aliphatic rings. The Morgan fingerprint density at radius 3 is 2.71 bits per heavy atom. The Morgan fingerprint density at radius 2 is 1.92 bits per heavy atom. The predicted molar refractivity (Wildman–Crippen MR) is 101 cm³/mol. The molecule has 3 aromatic rings. The van der Waals surface area contributed by atoms with Crippen LogP contribution in [0.25, 0.3) is 15.8 Å². The molecule has 0 saturated carbocycles. The average molecular weight is 376 g/mol. The molecule has 120 valence electrons. The van der Waals surface area contributed by atoms with Crippen molar-refractivity contribution in [2.75, 3.05) is 11.4 Å². The molecule has 0 fully saturated rings. The van der Waals surface area contributed by atoms with E-state index in [0.717, 1.165) is 10.2 Å². The van der Waals surface area contributed by atoms with Crippen molar-refractivity contribution in [1.82, 2.24) is 4.98 Å². The number of hydrogen-bond acceptors (Lipinski definition) is 4. The summed E-state index contributed by atoms with van der Waals surface area (Å²) >= 11 is 13.8. The Labute approximate surface area is 152 Å². The van der Waals surface area contributed by atoms with Gasteiger partial charge in [-0.3, -0.25) is 5.41 Å². The van der Waals surface area contributed by atoms with Gasteiger partial charge in [0, 0.05) is 0 Å². The minimum Gasteiger partial charge on any atom is -0.510 e. The van der Waals surface area contributed by atoms with E-state index in [1.165, 1.54) is 11.3 Å². The molecule has 24 heavy (non-hydrogen) atoms. The highest BCUT2D eigenvalue weighted by atomic mass is 35.5. The Kier molecular flexibility index (Phi) is 3.72. The quantitative estimate of drug-likeness (QED) is 0.632. The molecule has 2 N–H and O–H groups in total.